The first-order valence-electron chi connectivity index (χ1n) is 11.9. The highest BCUT2D eigenvalue weighted by Crippen LogP contribution is 2.28. The Balaban J connectivity index is 1.39. The van der Waals surface area contributed by atoms with Gasteiger partial charge in [-0.3, -0.25) is 4.79 Å². The summed E-state index contributed by atoms with van der Waals surface area (Å²) in [6.07, 6.45) is 6.25. The van der Waals surface area contributed by atoms with E-state index in [1.165, 1.54) is 12.1 Å². The van der Waals surface area contributed by atoms with Gasteiger partial charge in [-0.2, -0.15) is 10.4 Å². The molecule has 0 saturated carbocycles. The summed E-state index contributed by atoms with van der Waals surface area (Å²) in [5.41, 5.74) is 5.79. The largest absolute Gasteiger partial charge is 0.370 e. The Bertz CT molecular complexity index is 1160. The summed E-state index contributed by atoms with van der Waals surface area (Å²) in [6.45, 7) is 3.08. The average Bonchev–Trinajstić information content (AvgIpc) is 3.04. The number of hydrogen-bond acceptors (Lipinski definition) is 4. The maximum absolute atomic E-state index is 13.7. The van der Waals surface area contributed by atoms with Crippen LogP contribution in [0.25, 0.3) is 5.69 Å². The molecule has 2 heterocycles. The highest BCUT2D eigenvalue weighted by molar-refractivity contribution is 5.94. The monoisotopic (exact) mass is 439 g/mol. The van der Waals surface area contributed by atoms with Gasteiger partial charge in [-0.15, -0.1) is 0 Å². The number of benzene rings is 2. The van der Waals surface area contributed by atoms with Crippen molar-refractivity contribution in [3.63, 3.8) is 0 Å². The molecule has 0 spiro atoms. The number of amides is 1. The lowest BCUT2D eigenvalue weighted by Gasteiger charge is -2.23. The molecular weight excluding hydrogens is 410 g/mol. The highest BCUT2D eigenvalue weighted by Gasteiger charge is 2.29. The average molecular weight is 440 g/mol. The van der Waals surface area contributed by atoms with Crippen LogP contribution in [0.1, 0.15) is 53.0 Å². The second kappa shape index (κ2) is 9.50. The van der Waals surface area contributed by atoms with Crippen LogP contribution in [0.2, 0.25) is 0 Å². The van der Waals surface area contributed by atoms with Crippen LogP contribution in [0.4, 0.5) is 5.69 Å². The van der Waals surface area contributed by atoms with Gasteiger partial charge in [0.15, 0.2) is 5.69 Å². The van der Waals surface area contributed by atoms with Crippen LogP contribution >= 0.6 is 0 Å². The van der Waals surface area contributed by atoms with Crippen molar-refractivity contribution >= 4 is 11.6 Å². The van der Waals surface area contributed by atoms with Crippen LogP contribution in [-0.4, -0.2) is 46.8 Å². The Morgan fingerprint density at radius 2 is 1.61 bits per heavy atom. The quantitative estimate of drug-likeness (QED) is 0.569. The lowest BCUT2D eigenvalue weighted by molar-refractivity contribution is 0.0759. The van der Waals surface area contributed by atoms with Crippen molar-refractivity contribution in [3.05, 3.63) is 77.1 Å². The van der Waals surface area contributed by atoms with Crippen LogP contribution in [0, 0.1) is 11.3 Å². The second-order valence-electron chi connectivity index (χ2n) is 8.87. The molecule has 0 radical (unpaired) electrons. The van der Waals surface area contributed by atoms with Gasteiger partial charge in [0.1, 0.15) is 0 Å². The number of carbonyl (C=O) groups excluding carboxylic acids is 1. The van der Waals surface area contributed by atoms with Crippen LogP contribution in [0.3, 0.4) is 0 Å². The molecule has 1 aliphatic carbocycles. The number of nitriles is 1. The van der Waals surface area contributed by atoms with Crippen LogP contribution in [-0.2, 0) is 12.8 Å². The minimum Gasteiger partial charge on any atom is -0.370 e. The van der Waals surface area contributed by atoms with Crippen molar-refractivity contribution in [2.75, 3.05) is 31.1 Å². The Kier molecular flexibility index (Phi) is 6.12. The number of nitrogens with zero attached hydrogens (tertiary/aromatic N) is 5. The number of para-hydroxylation sites is 1. The van der Waals surface area contributed by atoms with Crippen LogP contribution in [0.5, 0.6) is 0 Å². The molecule has 0 unspecified atom stereocenters. The number of hydrogen-bond donors (Lipinski definition) is 0. The maximum Gasteiger partial charge on any atom is 0.274 e. The van der Waals surface area contributed by atoms with E-state index in [9.17, 15) is 4.79 Å². The van der Waals surface area contributed by atoms with Gasteiger partial charge in [0.2, 0.25) is 0 Å². The van der Waals surface area contributed by atoms with Gasteiger partial charge in [0.25, 0.3) is 5.91 Å². The number of fused-ring (bicyclic) bond motifs is 1. The van der Waals surface area contributed by atoms with Crippen molar-refractivity contribution in [2.24, 2.45) is 0 Å². The summed E-state index contributed by atoms with van der Waals surface area (Å²) in [7, 11) is 0. The van der Waals surface area contributed by atoms with E-state index in [0.717, 1.165) is 68.7 Å². The minimum absolute atomic E-state index is 0.0597. The summed E-state index contributed by atoms with van der Waals surface area (Å²) in [4.78, 5) is 18.0. The highest BCUT2D eigenvalue weighted by atomic mass is 16.2. The second-order valence-corrected chi connectivity index (χ2v) is 8.87. The zero-order valence-corrected chi connectivity index (χ0v) is 18.9. The fourth-order valence-corrected chi connectivity index (χ4v) is 5.01. The Labute approximate surface area is 195 Å². The van der Waals surface area contributed by atoms with E-state index in [1.54, 1.807) is 0 Å². The molecule has 0 N–H and O–H groups in total. The third kappa shape index (κ3) is 4.36. The first kappa shape index (κ1) is 21.3. The standard InChI is InChI=1S/C27H29N5O/c28-20-21-12-14-22(15-13-21)30-16-7-17-31(19-18-30)27(33)26-24-10-5-2-6-11-25(24)32(29-26)23-8-3-1-4-9-23/h1,3-4,8-9,12-15H,2,5-7,10-11,16-19H2. The zero-order chi connectivity index (χ0) is 22.6. The van der Waals surface area contributed by atoms with E-state index < -0.39 is 0 Å². The molecule has 1 aromatic heterocycles. The Hall–Kier alpha value is -3.59. The SMILES string of the molecule is N#Cc1ccc(N2CCCN(C(=O)c3nn(-c4ccccc4)c4c3CCCCC4)CC2)cc1. The number of anilines is 1. The molecule has 0 bridgehead atoms. The smallest absolute Gasteiger partial charge is 0.274 e. The van der Waals surface area contributed by atoms with Gasteiger partial charge in [-0.1, -0.05) is 24.6 Å². The number of carbonyl (C=O) groups is 1. The fraction of sp³-hybridized carbons (Fsp3) is 0.370. The van der Waals surface area contributed by atoms with E-state index in [4.69, 9.17) is 10.4 Å². The third-order valence-corrected chi connectivity index (χ3v) is 6.78. The van der Waals surface area contributed by atoms with E-state index in [2.05, 4.69) is 23.1 Å². The van der Waals surface area contributed by atoms with Gasteiger partial charge in [0.05, 0.1) is 17.3 Å². The van der Waals surface area contributed by atoms with E-state index in [-0.39, 0.29) is 5.91 Å². The molecule has 2 aromatic carbocycles. The molecule has 5 rings (SSSR count). The summed E-state index contributed by atoms with van der Waals surface area (Å²) >= 11 is 0. The van der Waals surface area contributed by atoms with Gasteiger partial charge < -0.3 is 9.80 Å². The molecule has 168 valence electrons. The lowest BCUT2D eigenvalue weighted by atomic mass is 10.1. The fourth-order valence-electron chi connectivity index (χ4n) is 5.01. The van der Waals surface area contributed by atoms with Crippen LogP contribution < -0.4 is 4.90 Å². The number of rotatable bonds is 3. The van der Waals surface area contributed by atoms with E-state index >= 15 is 0 Å². The lowest BCUT2D eigenvalue weighted by Crippen LogP contribution is -2.36. The van der Waals surface area contributed by atoms with Crippen molar-refractivity contribution in [1.82, 2.24) is 14.7 Å². The minimum atomic E-state index is 0.0597. The summed E-state index contributed by atoms with van der Waals surface area (Å²) < 4.78 is 2.01. The Morgan fingerprint density at radius 3 is 2.39 bits per heavy atom. The molecule has 1 aliphatic heterocycles. The van der Waals surface area contributed by atoms with Gasteiger partial charge >= 0.3 is 0 Å². The predicted octanol–water partition coefficient (Wildman–Crippen LogP) is 4.37. The molecule has 2 aliphatic rings. The summed E-state index contributed by atoms with van der Waals surface area (Å²) in [5.74, 6) is 0.0597. The summed E-state index contributed by atoms with van der Waals surface area (Å²) in [5, 5.41) is 13.9. The van der Waals surface area contributed by atoms with Gasteiger partial charge in [-0.05, 0) is 68.5 Å². The van der Waals surface area contributed by atoms with Crippen molar-refractivity contribution < 1.29 is 4.79 Å². The van der Waals surface area contributed by atoms with Crippen molar-refractivity contribution in [3.8, 4) is 11.8 Å². The predicted molar refractivity (Wildman–Crippen MR) is 129 cm³/mol. The zero-order valence-electron chi connectivity index (χ0n) is 18.9. The topological polar surface area (TPSA) is 65.2 Å². The molecule has 1 fully saturated rings. The molecular formula is C27H29N5O. The normalized spacial score (nSPS) is 16.5. The third-order valence-electron chi connectivity index (χ3n) is 6.78. The van der Waals surface area contributed by atoms with Gasteiger partial charge in [0, 0.05) is 43.1 Å². The molecule has 1 amide bonds. The van der Waals surface area contributed by atoms with Crippen molar-refractivity contribution in [1.29, 1.82) is 5.26 Å². The Morgan fingerprint density at radius 1 is 0.818 bits per heavy atom. The molecule has 3 aromatic rings. The maximum atomic E-state index is 13.7. The summed E-state index contributed by atoms with van der Waals surface area (Å²) in [6, 6.07) is 20.1. The number of aromatic nitrogens is 2. The van der Waals surface area contributed by atoms with E-state index in [0.29, 0.717) is 17.8 Å². The first-order chi connectivity index (χ1) is 16.2. The van der Waals surface area contributed by atoms with E-state index in [1.807, 2.05) is 52.0 Å². The van der Waals surface area contributed by atoms with Crippen LogP contribution in [0.15, 0.2) is 54.6 Å². The first-order valence-corrected chi connectivity index (χ1v) is 11.9. The molecule has 1 saturated heterocycles. The molecule has 0 atom stereocenters. The molecule has 33 heavy (non-hydrogen) atoms. The van der Waals surface area contributed by atoms with Gasteiger partial charge in [-0.25, -0.2) is 4.68 Å². The van der Waals surface area contributed by atoms with Crippen molar-refractivity contribution in [2.45, 2.75) is 38.5 Å². The molecule has 6 heteroatoms. The molecule has 6 nitrogen and oxygen atoms in total.